The quantitative estimate of drug-likeness (QED) is 0.432. The summed E-state index contributed by atoms with van der Waals surface area (Å²) in [7, 11) is 0. The van der Waals surface area contributed by atoms with E-state index in [1.807, 2.05) is 26.8 Å². The summed E-state index contributed by atoms with van der Waals surface area (Å²) in [6.45, 7) is 10.4. The number of nitrogens with one attached hydrogen (secondary N) is 1. The summed E-state index contributed by atoms with van der Waals surface area (Å²) in [6, 6.07) is 13.1. The van der Waals surface area contributed by atoms with Crippen LogP contribution in [-0.2, 0) is 22.6 Å². The Bertz CT molecular complexity index is 911. The lowest BCUT2D eigenvalue weighted by atomic mass is 10.00. The van der Waals surface area contributed by atoms with Crippen LogP contribution in [0, 0.1) is 0 Å². The zero-order valence-electron chi connectivity index (χ0n) is 19.6. The molecular weight excluding hydrogens is 443 g/mol. The lowest BCUT2D eigenvalue weighted by Crippen LogP contribution is -2.50. The Morgan fingerprint density at radius 2 is 1.56 bits per heavy atom. The maximum absolute atomic E-state index is 13.3. The lowest BCUT2D eigenvalue weighted by Gasteiger charge is -2.31. The van der Waals surface area contributed by atoms with E-state index in [0.717, 1.165) is 11.1 Å². The van der Waals surface area contributed by atoms with Gasteiger partial charge in [0.25, 0.3) is 0 Å². The highest BCUT2D eigenvalue weighted by Gasteiger charge is 2.28. The van der Waals surface area contributed by atoms with Gasteiger partial charge in [0.2, 0.25) is 11.8 Å². The van der Waals surface area contributed by atoms with Crippen molar-refractivity contribution in [3.8, 4) is 0 Å². The van der Waals surface area contributed by atoms with Crippen molar-refractivity contribution >= 4 is 35.0 Å². The van der Waals surface area contributed by atoms with Crippen molar-refractivity contribution in [2.75, 3.05) is 0 Å². The third-order valence-electron chi connectivity index (χ3n) is 5.43. The molecule has 0 aliphatic rings. The largest absolute Gasteiger partial charge is 0.352 e. The summed E-state index contributed by atoms with van der Waals surface area (Å²) in [5.41, 5.74) is 3.22. The average Bonchev–Trinajstić information content (AvgIpc) is 2.74. The van der Waals surface area contributed by atoms with Crippen LogP contribution >= 0.6 is 23.2 Å². The van der Waals surface area contributed by atoms with Crippen LogP contribution in [0.25, 0.3) is 0 Å². The van der Waals surface area contributed by atoms with Gasteiger partial charge in [0.05, 0.1) is 10.0 Å². The SMILES string of the molecule is CCC(C(=O)NC(C)C)N(Cc1ccc(Cl)c(Cl)c1)C(=O)CCc1ccc(C(C)C)cc1. The summed E-state index contributed by atoms with van der Waals surface area (Å²) in [4.78, 5) is 27.9. The first kappa shape index (κ1) is 26.2. The summed E-state index contributed by atoms with van der Waals surface area (Å²) in [5.74, 6) is 0.268. The fourth-order valence-electron chi connectivity index (χ4n) is 3.60. The molecule has 2 aromatic rings. The van der Waals surface area contributed by atoms with Crippen LogP contribution < -0.4 is 5.32 Å². The maximum atomic E-state index is 13.3. The molecular formula is C26H34Cl2N2O2. The lowest BCUT2D eigenvalue weighted by molar-refractivity contribution is -0.141. The molecule has 0 spiro atoms. The third-order valence-corrected chi connectivity index (χ3v) is 6.17. The van der Waals surface area contributed by atoms with Gasteiger partial charge < -0.3 is 10.2 Å². The predicted octanol–water partition coefficient (Wildman–Crippen LogP) is 6.38. The van der Waals surface area contributed by atoms with E-state index in [0.29, 0.717) is 41.8 Å². The average molecular weight is 477 g/mol. The van der Waals surface area contributed by atoms with E-state index in [2.05, 4.69) is 43.4 Å². The first-order valence-corrected chi connectivity index (χ1v) is 12.0. The number of amides is 2. The molecule has 0 aromatic heterocycles. The molecule has 0 radical (unpaired) electrons. The van der Waals surface area contributed by atoms with E-state index in [-0.39, 0.29) is 17.9 Å². The molecule has 1 unspecified atom stereocenters. The highest BCUT2D eigenvalue weighted by molar-refractivity contribution is 6.42. The standard InChI is InChI=1S/C26H34Cl2N2O2/c1-6-24(26(32)29-18(4)5)30(16-20-9-13-22(27)23(28)15-20)25(31)14-10-19-7-11-21(12-8-19)17(2)3/h7-9,11-13,15,17-18,24H,6,10,14,16H2,1-5H3,(H,29,32). The van der Waals surface area contributed by atoms with Crippen LogP contribution in [-0.4, -0.2) is 28.8 Å². The Labute approximate surface area is 202 Å². The number of hydrogen-bond donors (Lipinski definition) is 1. The molecule has 1 atom stereocenters. The van der Waals surface area contributed by atoms with Gasteiger partial charge in [-0.15, -0.1) is 0 Å². The smallest absolute Gasteiger partial charge is 0.243 e. The molecule has 4 nitrogen and oxygen atoms in total. The number of halogens is 2. The van der Waals surface area contributed by atoms with Crippen LogP contribution in [0.3, 0.4) is 0 Å². The van der Waals surface area contributed by atoms with Gasteiger partial charge >= 0.3 is 0 Å². The summed E-state index contributed by atoms with van der Waals surface area (Å²) in [5, 5.41) is 3.84. The van der Waals surface area contributed by atoms with Crippen molar-refractivity contribution in [2.45, 2.75) is 78.4 Å². The maximum Gasteiger partial charge on any atom is 0.243 e. The monoisotopic (exact) mass is 476 g/mol. The molecule has 174 valence electrons. The summed E-state index contributed by atoms with van der Waals surface area (Å²) < 4.78 is 0. The van der Waals surface area contributed by atoms with Crippen molar-refractivity contribution < 1.29 is 9.59 Å². The van der Waals surface area contributed by atoms with E-state index >= 15 is 0 Å². The molecule has 0 bridgehead atoms. The Morgan fingerprint density at radius 1 is 0.938 bits per heavy atom. The normalized spacial score (nSPS) is 12.2. The Balaban J connectivity index is 2.21. The molecule has 1 N–H and O–H groups in total. The first-order chi connectivity index (χ1) is 15.1. The van der Waals surface area contributed by atoms with Crippen molar-refractivity contribution in [1.29, 1.82) is 0 Å². The van der Waals surface area contributed by atoms with E-state index in [9.17, 15) is 9.59 Å². The number of carbonyl (C=O) groups excluding carboxylic acids is 2. The molecule has 0 saturated carbocycles. The zero-order valence-corrected chi connectivity index (χ0v) is 21.1. The number of carbonyl (C=O) groups is 2. The van der Waals surface area contributed by atoms with E-state index in [1.165, 1.54) is 5.56 Å². The summed E-state index contributed by atoms with van der Waals surface area (Å²) in [6.07, 6.45) is 1.47. The molecule has 0 aliphatic heterocycles. The van der Waals surface area contributed by atoms with E-state index in [4.69, 9.17) is 23.2 Å². The fraction of sp³-hybridized carbons (Fsp3) is 0.462. The third kappa shape index (κ3) is 7.53. The molecule has 6 heteroatoms. The van der Waals surface area contributed by atoms with Crippen LogP contribution in [0.5, 0.6) is 0 Å². The topological polar surface area (TPSA) is 49.4 Å². The van der Waals surface area contributed by atoms with Crippen LogP contribution in [0.2, 0.25) is 10.0 Å². The summed E-state index contributed by atoms with van der Waals surface area (Å²) >= 11 is 12.2. The molecule has 32 heavy (non-hydrogen) atoms. The number of nitrogens with zero attached hydrogens (tertiary/aromatic N) is 1. The minimum atomic E-state index is -0.553. The van der Waals surface area contributed by atoms with Crippen LogP contribution in [0.1, 0.15) is 70.1 Å². The second-order valence-electron chi connectivity index (χ2n) is 8.75. The number of hydrogen-bond acceptors (Lipinski definition) is 2. The van der Waals surface area contributed by atoms with Gasteiger partial charge in [-0.25, -0.2) is 0 Å². The van der Waals surface area contributed by atoms with E-state index in [1.54, 1.807) is 17.0 Å². The molecule has 2 amide bonds. The van der Waals surface area contributed by atoms with Crippen molar-refractivity contribution in [3.63, 3.8) is 0 Å². The second-order valence-corrected chi connectivity index (χ2v) is 9.57. The molecule has 2 rings (SSSR count). The highest BCUT2D eigenvalue weighted by atomic mass is 35.5. The fourth-order valence-corrected chi connectivity index (χ4v) is 3.92. The molecule has 0 fully saturated rings. The van der Waals surface area contributed by atoms with Gasteiger partial charge in [-0.3, -0.25) is 9.59 Å². The number of benzene rings is 2. The van der Waals surface area contributed by atoms with E-state index < -0.39 is 6.04 Å². The molecule has 0 saturated heterocycles. The Morgan fingerprint density at radius 3 is 2.09 bits per heavy atom. The van der Waals surface area contributed by atoms with Gasteiger partial charge in [-0.05, 0) is 61.4 Å². The predicted molar refractivity (Wildman–Crippen MR) is 133 cm³/mol. The van der Waals surface area contributed by atoms with Crippen molar-refractivity contribution in [2.24, 2.45) is 0 Å². The molecule has 0 heterocycles. The van der Waals surface area contributed by atoms with Crippen LogP contribution in [0.15, 0.2) is 42.5 Å². The van der Waals surface area contributed by atoms with Gasteiger partial charge in [0.15, 0.2) is 0 Å². The van der Waals surface area contributed by atoms with Gasteiger partial charge in [-0.2, -0.15) is 0 Å². The van der Waals surface area contributed by atoms with Crippen molar-refractivity contribution in [1.82, 2.24) is 10.2 Å². The number of aryl methyl sites for hydroxylation is 1. The highest BCUT2D eigenvalue weighted by Crippen LogP contribution is 2.24. The minimum absolute atomic E-state index is 0.00190. The first-order valence-electron chi connectivity index (χ1n) is 11.2. The van der Waals surface area contributed by atoms with Crippen LogP contribution in [0.4, 0.5) is 0 Å². The van der Waals surface area contributed by atoms with Crippen molar-refractivity contribution in [3.05, 3.63) is 69.2 Å². The molecule has 2 aromatic carbocycles. The molecule has 0 aliphatic carbocycles. The van der Waals surface area contributed by atoms with Gasteiger partial charge in [0, 0.05) is 19.0 Å². The number of rotatable bonds is 10. The zero-order chi connectivity index (χ0) is 23.8. The Hall–Kier alpha value is -2.04. The minimum Gasteiger partial charge on any atom is -0.352 e. The Kier molecular flexibility index (Phi) is 10.0. The van der Waals surface area contributed by atoms with Gasteiger partial charge in [-0.1, -0.05) is 74.3 Å². The second kappa shape index (κ2) is 12.3. The van der Waals surface area contributed by atoms with Gasteiger partial charge in [0.1, 0.15) is 6.04 Å².